The number of allylic oxidation sites excluding steroid dienone is 2. The zero-order valence-electron chi connectivity index (χ0n) is 13.5. The number of imidazole rings is 1. The summed E-state index contributed by atoms with van der Waals surface area (Å²) in [4.78, 5) is 13.0. The number of hydrogen-bond acceptors (Lipinski definition) is 7. The fraction of sp³-hybridized carbons (Fsp3) is 0.533. The van der Waals surface area contributed by atoms with E-state index in [1.54, 1.807) is 6.33 Å². The molecule has 0 aromatic carbocycles. The van der Waals surface area contributed by atoms with E-state index in [1.165, 1.54) is 0 Å². The van der Waals surface area contributed by atoms with Crippen molar-refractivity contribution < 1.29 is 13.0 Å². The lowest BCUT2D eigenvalue weighted by atomic mass is 10.1. The highest BCUT2D eigenvalue weighted by Crippen LogP contribution is 2.34. The Morgan fingerprint density at radius 3 is 2.84 bits per heavy atom. The summed E-state index contributed by atoms with van der Waals surface area (Å²) in [5, 5.41) is 3.33. The number of nitrogens with one attached hydrogen (secondary N) is 1. The SMILES string of the molecule is Nc1nc(NC2CC2)c2ncn([C@H]3C=C[C@@H](CCS(=O)(=O)O)C3)c2n1. The number of hydrogen-bond donors (Lipinski definition) is 3. The van der Waals surface area contributed by atoms with E-state index in [0.717, 1.165) is 19.3 Å². The van der Waals surface area contributed by atoms with Crippen LogP contribution in [0.25, 0.3) is 11.2 Å². The van der Waals surface area contributed by atoms with Crippen LogP contribution >= 0.6 is 0 Å². The van der Waals surface area contributed by atoms with Gasteiger partial charge < -0.3 is 15.6 Å². The standard InChI is InChI=1S/C15H20N6O3S/c16-15-19-13(18-10-2-3-10)12-14(20-15)21(8-17-12)11-4-1-9(7-11)5-6-25(22,23)24/h1,4,8-11H,2-3,5-7H2,(H,22,23,24)(H3,16,18,19,20)/t9-,11-/m0/s1. The van der Waals surface area contributed by atoms with Crippen LogP contribution in [-0.4, -0.2) is 44.3 Å². The first kappa shape index (κ1) is 16.3. The van der Waals surface area contributed by atoms with Gasteiger partial charge in [0.25, 0.3) is 10.1 Å². The van der Waals surface area contributed by atoms with Crippen LogP contribution in [0.2, 0.25) is 0 Å². The lowest BCUT2D eigenvalue weighted by molar-refractivity contribution is 0.463. The van der Waals surface area contributed by atoms with Crippen molar-refractivity contribution in [3.63, 3.8) is 0 Å². The first-order chi connectivity index (χ1) is 11.9. The summed E-state index contributed by atoms with van der Waals surface area (Å²) in [6.07, 6.45) is 9.08. The molecule has 2 aliphatic rings. The van der Waals surface area contributed by atoms with Gasteiger partial charge in [-0.2, -0.15) is 18.4 Å². The Balaban J connectivity index is 1.56. The van der Waals surface area contributed by atoms with Crippen molar-refractivity contribution in [1.29, 1.82) is 0 Å². The topological polar surface area (TPSA) is 136 Å². The largest absolute Gasteiger partial charge is 0.368 e. The first-order valence-corrected chi connectivity index (χ1v) is 9.90. The molecule has 0 amide bonds. The number of anilines is 2. The summed E-state index contributed by atoms with van der Waals surface area (Å²) in [5.41, 5.74) is 7.21. The Bertz CT molecular complexity index is 934. The molecule has 0 unspecified atom stereocenters. The molecule has 0 radical (unpaired) electrons. The summed E-state index contributed by atoms with van der Waals surface area (Å²) in [6.45, 7) is 0. The third-order valence-corrected chi connectivity index (χ3v) is 5.36. The Kier molecular flexibility index (Phi) is 3.88. The molecule has 1 saturated carbocycles. The molecule has 2 aromatic rings. The van der Waals surface area contributed by atoms with Gasteiger partial charge >= 0.3 is 0 Å². The number of nitrogens with zero attached hydrogens (tertiary/aromatic N) is 4. The van der Waals surface area contributed by atoms with Gasteiger partial charge in [-0.05, 0) is 31.6 Å². The van der Waals surface area contributed by atoms with E-state index in [1.807, 2.05) is 16.7 Å². The smallest absolute Gasteiger partial charge is 0.264 e. The third kappa shape index (κ3) is 3.59. The lowest BCUT2D eigenvalue weighted by Gasteiger charge is -2.14. The fourth-order valence-corrected chi connectivity index (χ4v) is 3.77. The molecule has 0 bridgehead atoms. The van der Waals surface area contributed by atoms with E-state index in [0.29, 0.717) is 29.4 Å². The van der Waals surface area contributed by atoms with Crippen LogP contribution in [0.4, 0.5) is 11.8 Å². The van der Waals surface area contributed by atoms with Crippen molar-refractivity contribution in [2.24, 2.45) is 5.92 Å². The van der Waals surface area contributed by atoms with E-state index >= 15 is 0 Å². The molecule has 134 valence electrons. The van der Waals surface area contributed by atoms with E-state index in [2.05, 4.69) is 20.3 Å². The van der Waals surface area contributed by atoms with Gasteiger partial charge in [0.2, 0.25) is 5.95 Å². The van der Waals surface area contributed by atoms with E-state index < -0.39 is 10.1 Å². The van der Waals surface area contributed by atoms with Crippen molar-refractivity contribution >= 4 is 33.0 Å². The maximum atomic E-state index is 10.9. The third-order valence-electron chi connectivity index (χ3n) is 4.61. The van der Waals surface area contributed by atoms with Gasteiger partial charge in [-0.1, -0.05) is 12.2 Å². The minimum Gasteiger partial charge on any atom is -0.368 e. The van der Waals surface area contributed by atoms with Gasteiger partial charge in [0.1, 0.15) is 0 Å². The molecule has 10 heteroatoms. The normalized spacial score (nSPS) is 23.4. The Morgan fingerprint density at radius 1 is 1.32 bits per heavy atom. The second-order valence-electron chi connectivity index (χ2n) is 6.70. The zero-order chi connectivity index (χ0) is 17.6. The molecule has 4 N–H and O–H groups in total. The molecular formula is C15H20N6O3S. The fourth-order valence-electron chi connectivity index (χ4n) is 3.17. The van der Waals surface area contributed by atoms with Gasteiger partial charge in [-0.3, -0.25) is 4.55 Å². The van der Waals surface area contributed by atoms with Crippen molar-refractivity contribution in [1.82, 2.24) is 19.5 Å². The van der Waals surface area contributed by atoms with Crippen molar-refractivity contribution in [3.05, 3.63) is 18.5 Å². The molecule has 0 saturated heterocycles. The number of nitrogens with two attached hydrogens (primary N) is 1. The van der Waals surface area contributed by atoms with Gasteiger partial charge in [0.15, 0.2) is 17.0 Å². The van der Waals surface area contributed by atoms with E-state index in [4.69, 9.17) is 10.3 Å². The summed E-state index contributed by atoms with van der Waals surface area (Å²) < 4.78 is 32.7. The molecule has 0 aliphatic heterocycles. The van der Waals surface area contributed by atoms with Crippen LogP contribution in [0.3, 0.4) is 0 Å². The maximum absolute atomic E-state index is 10.9. The van der Waals surface area contributed by atoms with Gasteiger partial charge in [0.05, 0.1) is 18.1 Å². The second kappa shape index (κ2) is 5.95. The molecule has 2 aliphatic carbocycles. The summed E-state index contributed by atoms with van der Waals surface area (Å²) in [6, 6.07) is 0.457. The summed E-state index contributed by atoms with van der Waals surface area (Å²) in [5.74, 6) is 0.716. The van der Waals surface area contributed by atoms with E-state index in [-0.39, 0.29) is 23.7 Å². The van der Waals surface area contributed by atoms with Crippen LogP contribution < -0.4 is 11.1 Å². The zero-order valence-corrected chi connectivity index (χ0v) is 14.4. The average Bonchev–Trinajstić information content (AvgIpc) is 3.06. The number of nitrogen functional groups attached to an aromatic ring is 1. The summed E-state index contributed by atoms with van der Waals surface area (Å²) >= 11 is 0. The van der Waals surface area contributed by atoms with Crippen LogP contribution in [-0.2, 0) is 10.1 Å². The highest BCUT2D eigenvalue weighted by Gasteiger charge is 2.26. The highest BCUT2D eigenvalue weighted by molar-refractivity contribution is 7.85. The van der Waals surface area contributed by atoms with Gasteiger partial charge in [-0.15, -0.1) is 0 Å². The van der Waals surface area contributed by atoms with Crippen LogP contribution in [0.15, 0.2) is 18.5 Å². The monoisotopic (exact) mass is 364 g/mol. The first-order valence-electron chi connectivity index (χ1n) is 8.29. The molecule has 25 heavy (non-hydrogen) atoms. The average molecular weight is 364 g/mol. The van der Waals surface area contributed by atoms with Crippen molar-refractivity contribution in [3.8, 4) is 0 Å². The minimum absolute atomic E-state index is 0.0273. The van der Waals surface area contributed by atoms with Crippen LogP contribution in [0.5, 0.6) is 0 Å². The Hall–Kier alpha value is -2.20. The predicted molar refractivity (Wildman–Crippen MR) is 93.7 cm³/mol. The maximum Gasteiger partial charge on any atom is 0.264 e. The van der Waals surface area contributed by atoms with Crippen molar-refractivity contribution in [2.45, 2.75) is 37.8 Å². The van der Waals surface area contributed by atoms with Crippen LogP contribution in [0, 0.1) is 5.92 Å². The molecule has 2 atom stereocenters. The van der Waals surface area contributed by atoms with E-state index in [9.17, 15) is 8.42 Å². The molecular weight excluding hydrogens is 344 g/mol. The summed E-state index contributed by atoms with van der Waals surface area (Å²) in [7, 11) is -3.93. The molecule has 1 fully saturated rings. The number of aromatic nitrogens is 4. The minimum atomic E-state index is -3.93. The highest BCUT2D eigenvalue weighted by atomic mass is 32.2. The number of fused-ring (bicyclic) bond motifs is 1. The molecule has 4 rings (SSSR count). The van der Waals surface area contributed by atoms with Crippen molar-refractivity contribution in [2.75, 3.05) is 16.8 Å². The second-order valence-corrected chi connectivity index (χ2v) is 8.27. The quantitative estimate of drug-likeness (QED) is 0.516. The molecule has 2 aromatic heterocycles. The van der Waals surface area contributed by atoms with Gasteiger partial charge in [0, 0.05) is 6.04 Å². The lowest BCUT2D eigenvalue weighted by Crippen LogP contribution is -2.11. The van der Waals surface area contributed by atoms with Gasteiger partial charge in [-0.25, -0.2) is 4.98 Å². The molecule has 0 spiro atoms. The molecule has 9 nitrogen and oxygen atoms in total. The molecule has 2 heterocycles. The Morgan fingerprint density at radius 2 is 2.12 bits per heavy atom. The number of rotatable bonds is 6. The van der Waals surface area contributed by atoms with Crippen LogP contribution in [0.1, 0.15) is 31.7 Å². The predicted octanol–water partition coefficient (Wildman–Crippen LogP) is 1.38. The Labute approximate surface area is 145 Å².